The van der Waals surface area contributed by atoms with Crippen molar-refractivity contribution in [2.75, 3.05) is 6.54 Å². The number of nitrogens with zero attached hydrogens (tertiary/aromatic N) is 2. The van der Waals surface area contributed by atoms with Crippen molar-refractivity contribution in [2.45, 2.75) is 31.7 Å². The van der Waals surface area contributed by atoms with Crippen LogP contribution in [0.2, 0.25) is 0 Å². The van der Waals surface area contributed by atoms with Crippen molar-refractivity contribution in [3.8, 4) is 0 Å². The van der Waals surface area contributed by atoms with Gasteiger partial charge in [-0.1, -0.05) is 18.2 Å². The summed E-state index contributed by atoms with van der Waals surface area (Å²) >= 11 is 0. The number of H-pyrrole nitrogens is 2. The number of hydrogen-bond acceptors (Lipinski definition) is 3. The summed E-state index contributed by atoms with van der Waals surface area (Å²) in [5.41, 5.74) is 3.52. The van der Waals surface area contributed by atoms with Crippen LogP contribution in [0.1, 0.15) is 35.8 Å². The zero-order chi connectivity index (χ0) is 18.1. The van der Waals surface area contributed by atoms with Crippen LogP contribution in [-0.2, 0) is 22.4 Å². The third-order valence-corrected chi connectivity index (χ3v) is 4.99. The Morgan fingerprint density at radius 2 is 2.12 bits per heavy atom. The monoisotopic (exact) mass is 352 g/mol. The maximum atomic E-state index is 12.7. The zero-order valence-electron chi connectivity index (χ0n) is 14.2. The molecular formula is C19H20N4O3. The van der Waals surface area contributed by atoms with E-state index >= 15 is 0 Å². The number of carbonyl (C=O) groups excluding carboxylic acids is 1. The third kappa shape index (κ3) is 2.85. The van der Waals surface area contributed by atoms with Crippen LogP contribution in [0.5, 0.6) is 0 Å². The lowest BCUT2D eigenvalue weighted by Gasteiger charge is -2.32. The molecule has 0 saturated carbocycles. The average Bonchev–Trinajstić information content (AvgIpc) is 3.27. The van der Waals surface area contributed by atoms with Crippen molar-refractivity contribution in [1.82, 2.24) is 19.9 Å². The summed E-state index contributed by atoms with van der Waals surface area (Å²) in [7, 11) is 0. The highest BCUT2D eigenvalue weighted by atomic mass is 16.4. The molecule has 0 radical (unpaired) electrons. The van der Waals surface area contributed by atoms with Gasteiger partial charge in [-0.05, 0) is 24.5 Å². The number of carbonyl (C=O) groups is 2. The molecule has 7 heteroatoms. The van der Waals surface area contributed by atoms with E-state index in [-0.39, 0.29) is 5.91 Å². The number of fused-ring (bicyclic) bond motifs is 2. The van der Waals surface area contributed by atoms with Crippen LogP contribution in [-0.4, -0.2) is 43.4 Å². The number of hydrogen-bond donors (Lipinski definition) is 3. The standard InChI is InChI=1S/C19H20N4O3/c24-16(7-3-4-12-10-20-14-6-2-1-5-13(12)14)23-9-8-15-17(22-11-21-15)18(23)19(25)26/h1-2,5-6,10-11,18,20H,3-4,7-9H2,(H,21,22)(H,25,26)/t18-/m1/s1. The van der Waals surface area contributed by atoms with Crippen LogP contribution in [0.4, 0.5) is 0 Å². The molecule has 1 atom stereocenters. The molecule has 134 valence electrons. The van der Waals surface area contributed by atoms with Gasteiger partial charge < -0.3 is 20.0 Å². The van der Waals surface area contributed by atoms with E-state index in [9.17, 15) is 14.7 Å². The molecule has 0 aliphatic carbocycles. The average molecular weight is 352 g/mol. The Kier molecular flexibility index (Phi) is 4.20. The molecule has 2 aromatic heterocycles. The Morgan fingerprint density at radius 3 is 2.96 bits per heavy atom. The molecule has 1 amide bonds. The van der Waals surface area contributed by atoms with Gasteiger partial charge in [-0.3, -0.25) is 4.79 Å². The Balaban J connectivity index is 1.42. The highest BCUT2D eigenvalue weighted by Crippen LogP contribution is 2.28. The summed E-state index contributed by atoms with van der Waals surface area (Å²) in [5.74, 6) is -1.17. The minimum atomic E-state index is -1.04. The van der Waals surface area contributed by atoms with E-state index in [0.29, 0.717) is 31.5 Å². The molecule has 1 aliphatic rings. The van der Waals surface area contributed by atoms with E-state index in [0.717, 1.165) is 17.6 Å². The Morgan fingerprint density at radius 1 is 1.27 bits per heavy atom. The molecule has 0 spiro atoms. The van der Waals surface area contributed by atoms with Crippen LogP contribution < -0.4 is 0 Å². The molecule has 3 heterocycles. The van der Waals surface area contributed by atoms with Crippen molar-refractivity contribution in [3.63, 3.8) is 0 Å². The fraction of sp³-hybridized carbons (Fsp3) is 0.316. The molecule has 3 N–H and O–H groups in total. The van der Waals surface area contributed by atoms with Crippen molar-refractivity contribution in [3.05, 3.63) is 53.7 Å². The second kappa shape index (κ2) is 6.67. The molecule has 0 saturated heterocycles. The Labute approximate surface area is 150 Å². The molecule has 1 aromatic carbocycles. The maximum Gasteiger partial charge on any atom is 0.332 e. The predicted molar refractivity (Wildman–Crippen MR) is 95.6 cm³/mol. The summed E-state index contributed by atoms with van der Waals surface area (Å²) in [5, 5.41) is 10.7. The summed E-state index contributed by atoms with van der Waals surface area (Å²) in [4.78, 5) is 36.1. The van der Waals surface area contributed by atoms with Crippen LogP contribution in [0.25, 0.3) is 10.9 Å². The number of aryl methyl sites for hydroxylation is 1. The predicted octanol–water partition coefficient (Wildman–Crippen LogP) is 2.42. The topological polar surface area (TPSA) is 102 Å². The van der Waals surface area contributed by atoms with Gasteiger partial charge >= 0.3 is 5.97 Å². The first-order valence-electron chi connectivity index (χ1n) is 8.74. The SMILES string of the molecule is O=C(O)[C@H]1c2nc[nH]c2CCN1C(=O)CCCc1c[nH]c2ccccc12. The molecule has 4 rings (SSSR count). The van der Waals surface area contributed by atoms with Gasteiger partial charge in [-0.25, -0.2) is 9.78 Å². The molecule has 26 heavy (non-hydrogen) atoms. The van der Waals surface area contributed by atoms with Crippen molar-refractivity contribution in [2.24, 2.45) is 0 Å². The number of aliphatic carboxylic acids is 1. The highest BCUT2D eigenvalue weighted by molar-refractivity contribution is 5.85. The fourth-order valence-corrected chi connectivity index (χ4v) is 3.71. The molecule has 0 unspecified atom stereocenters. The number of aromatic nitrogens is 3. The minimum Gasteiger partial charge on any atom is -0.479 e. The first-order chi connectivity index (χ1) is 12.6. The van der Waals surface area contributed by atoms with Gasteiger partial charge in [0.1, 0.15) is 0 Å². The smallest absolute Gasteiger partial charge is 0.332 e. The van der Waals surface area contributed by atoms with Gasteiger partial charge in [0.15, 0.2) is 6.04 Å². The molecule has 0 bridgehead atoms. The number of benzene rings is 1. The number of nitrogens with one attached hydrogen (secondary N) is 2. The number of para-hydroxylation sites is 1. The summed E-state index contributed by atoms with van der Waals surface area (Å²) in [6, 6.07) is 7.07. The van der Waals surface area contributed by atoms with Crippen LogP contribution in [0.3, 0.4) is 0 Å². The molecule has 7 nitrogen and oxygen atoms in total. The maximum absolute atomic E-state index is 12.7. The second-order valence-corrected chi connectivity index (χ2v) is 6.56. The van der Waals surface area contributed by atoms with E-state index in [4.69, 9.17) is 0 Å². The van der Waals surface area contributed by atoms with Crippen molar-refractivity contribution >= 4 is 22.8 Å². The third-order valence-electron chi connectivity index (χ3n) is 4.99. The lowest BCUT2D eigenvalue weighted by Crippen LogP contribution is -2.43. The van der Waals surface area contributed by atoms with E-state index in [2.05, 4.69) is 21.0 Å². The fourth-order valence-electron chi connectivity index (χ4n) is 3.71. The van der Waals surface area contributed by atoms with Gasteiger partial charge in [0.25, 0.3) is 0 Å². The Hall–Kier alpha value is -3.09. The number of carboxylic acid groups (broad SMARTS) is 1. The number of rotatable bonds is 5. The van der Waals surface area contributed by atoms with Crippen molar-refractivity contribution < 1.29 is 14.7 Å². The molecule has 3 aromatic rings. The minimum absolute atomic E-state index is 0.133. The first-order valence-corrected chi connectivity index (χ1v) is 8.74. The van der Waals surface area contributed by atoms with Crippen LogP contribution in [0.15, 0.2) is 36.8 Å². The Bertz CT molecular complexity index is 959. The highest BCUT2D eigenvalue weighted by Gasteiger charge is 2.37. The van der Waals surface area contributed by atoms with Gasteiger partial charge in [0.05, 0.1) is 12.0 Å². The van der Waals surface area contributed by atoms with E-state index in [1.54, 1.807) is 0 Å². The van der Waals surface area contributed by atoms with Gasteiger partial charge in [-0.15, -0.1) is 0 Å². The summed E-state index contributed by atoms with van der Waals surface area (Å²) in [6.45, 7) is 0.401. The quantitative estimate of drug-likeness (QED) is 0.656. The second-order valence-electron chi connectivity index (χ2n) is 6.56. The van der Waals surface area contributed by atoms with Crippen LogP contribution >= 0.6 is 0 Å². The van der Waals surface area contributed by atoms with Crippen molar-refractivity contribution in [1.29, 1.82) is 0 Å². The zero-order valence-corrected chi connectivity index (χ0v) is 14.2. The van der Waals surface area contributed by atoms with E-state index < -0.39 is 12.0 Å². The number of imidazole rings is 1. The van der Waals surface area contributed by atoms with E-state index in [1.165, 1.54) is 22.2 Å². The van der Waals surface area contributed by atoms with Crippen LogP contribution in [0, 0.1) is 0 Å². The normalized spacial score (nSPS) is 16.6. The largest absolute Gasteiger partial charge is 0.479 e. The number of carboxylic acids is 1. The lowest BCUT2D eigenvalue weighted by atomic mass is 10.0. The van der Waals surface area contributed by atoms with E-state index in [1.807, 2.05) is 24.4 Å². The summed E-state index contributed by atoms with van der Waals surface area (Å²) < 4.78 is 0. The first kappa shape index (κ1) is 16.4. The van der Waals surface area contributed by atoms with Gasteiger partial charge in [0.2, 0.25) is 5.91 Å². The molecule has 0 fully saturated rings. The lowest BCUT2D eigenvalue weighted by molar-refractivity contribution is -0.151. The molecule has 1 aliphatic heterocycles. The number of amides is 1. The summed E-state index contributed by atoms with van der Waals surface area (Å²) in [6.07, 6.45) is 5.85. The van der Waals surface area contributed by atoms with Gasteiger partial charge in [0, 0.05) is 42.2 Å². The molecular weight excluding hydrogens is 332 g/mol. The number of aromatic amines is 2. The van der Waals surface area contributed by atoms with Gasteiger partial charge in [-0.2, -0.15) is 0 Å².